The van der Waals surface area contributed by atoms with Gasteiger partial charge < -0.3 is 25.5 Å². The van der Waals surface area contributed by atoms with Crippen LogP contribution >= 0.6 is 0 Å². The van der Waals surface area contributed by atoms with E-state index in [-0.39, 0.29) is 46.8 Å². The minimum absolute atomic E-state index is 0.0113. The van der Waals surface area contributed by atoms with Gasteiger partial charge >= 0.3 is 6.03 Å². The number of imide groups is 1. The number of phenolic OH excluding ortho intramolecular Hbond substituents is 1. The standard InChI is InChI=1S/C35H39N5O7S/c1-38(2)33(42)29-18-27(14-15-32(29)47-26-12-10-25(41)11-13-26)48(45,46)40-31(17-24-20-37-30-9-4-3-8-28(24)30)34(43)39(35(40)44)21-23-7-5-6-22(16-23)19-36/h3-4,8-15,18,20,22-23,31,37,41H,5-7,16-17,19,21,36H2,1-2H3. The number of sulfonamides is 1. The largest absolute Gasteiger partial charge is 0.508 e. The Morgan fingerprint density at radius 2 is 1.77 bits per heavy atom. The number of rotatable bonds is 10. The van der Waals surface area contributed by atoms with Crippen molar-refractivity contribution in [2.24, 2.45) is 17.6 Å². The summed E-state index contributed by atoms with van der Waals surface area (Å²) in [5.41, 5.74) is 7.40. The minimum atomic E-state index is -4.66. The number of carbonyl (C=O) groups is 3. The molecule has 48 heavy (non-hydrogen) atoms. The number of aromatic nitrogens is 1. The number of nitrogens with one attached hydrogen (secondary N) is 1. The van der Waals surface area contributed by atoms with Crippen LogP contribution in [0.4, 0.5) is 4.79 Å². The summed E-state index contributed by atoms with van der Waals surface area (Å²) in [5, 5.41) is 10.5. The van der Waals surface area contributed by atoms with Crippen molar-refractivity contribution in [3.8, 4) is 17.2 Å². The Bertz CT molecular complexity index is 1960. The number of fused-ring (bicyclic) bond motifs is 1. The number of nitrogens with zero attached hydrogens (tertiary/aromatic N) is 3. The van der Waals surface area contributed by atoms with E-state index in [4.69, 9.17) is 10.5 Å². The van der Waals surface area contributed by atoms with Gasteiger partial charge in [0.1, 0.15) is 23.3 Å². The predicted molar refractivity (Wildman–Crippen MR) is 179 cm³/mol. The Morgan fingerprint density at radius 3 is 2.50 bits per heavy atom. The van der Waals surface area contributed by atoms with Crippen molar-refractivity contribution in [3.63, 3.8) is 0 Å². The lowest BCUT2D eigenvalue weighted by molar-refractivity contribution is -0.128. The highest BCUT2D eigenvalue weighted by Gasteiger charge is 2.52. The number of ether oxygens (including phenoxy) is 1. The van der Waals surface area contributed by atoms with Gasteiger partial charge in [-0.1, -0.05) is 24.6 Å². The van der Waals surface area contributed by atoms with Crippen LogP contribution < -0.4 is 10.5 Å². The summed E-state index contributed by atoms with van der Waals surface area (Å²) in [6, 6.07) is 14.8. The van der Waals surface area contributed by atoms with Crippen LogP contribution in [0.2, 0.25) is 0 Å². The zero-order valence-corrected chi connectivity index (χ0v) is 27.7. The van der Waals surface area contributed by atoms with Crippen molar-refractivity contribution in [1.29, 1.82) is 0 Å². The summed E-state index contributed by atoms with van der Waals surface area (Å²) < 4.78 is 35.6. The molecular weight excluding hydrogens is 634 g/mol. The van der Waals surface area contributed by atoms with Crippen LogP contribution in [0, 0.1) is 11.8 Å². The fourth-order valence-corrected chi connectivity index (χ4v) is 8.24. The first-order valence-electron chi connectivity index (χ1n) is 15.9. The van der Waals surface area contributed by atoms with Crippen molar-refractivity contribution in [2.75, 3.05) is 27.2 Å². The van der Waals surface area contributed by atoms with E-state index in [9.17, 15) is 27.9 Å². The first-order chi connectivity index (χ1) is 23.0. The first kappa shape index (κ1) is 33.0. The average Bonchev–Trinajstić information content (AvgIpc) is 3.59. The number of amides is 4. The van der Waals surface area contributed by atoms with Gasteiger partial charge in [-0.25, -0.2) is 17.5 Å². The lowest BCUT2D eigenvalue weighted by atomic mass is 9.81. The van der Waals surface area contributed by atoms with Crippen molar-refractivity contribution in [2.45, 2.75) is 43.0 Å². The van der Waals surface area contributed by atoms with Gasteiger partial charge in [0.25, 0.3) is 21.8 Å². The Kier molecular flexibility index (Phi) is 9.17. The van der Waals surface area contributed by atoms with Crippen LogP contribution in [0.1, 0.15) is 41.6 Å². The van der Waals surface area contributed by atoms with Crippen LogP contribution in [0.3, 0.4) is 0 Å². The van der Waals surface area contributed by atoms with E-state index in [1.807, 2.05) is 24.3 Å². The molecule has 0 spiro atoms. The molecule has 1 aromatic heterocycles. The molecule has 3 aromatic carbocycles. The van der Waals surface area contributed by atoms with Crippen LogP contribution in [0.5, 0.6) is 17.2 Å². The number of phenols is 1. The monoisotopic (exact) mass is 673 g/mol. The maximum atomic E-state index is 14.5. The molecule has 2 fully saturated rings. The van der Waals surface area contributed by atoms with E-state index < -0.39 is 33.9 Å². The van der Waals surface area contributed by atoms with Crippen LogP contribution in [0.15, 0.2) is 77.8 Å². The summed E-state index contributed by atoms with van der Waals surface area (Å²) in [5.74, 6) is -0.409. The van der Waals surface area contributed by atoms with Gasteiger partial charge in [0, 0.05) is 44.2 Å². The Labute approximate surface area is 279 Å². The second kappa shape index (κ2) is 13.3. The molecule has 4 aromatic rings. The molecule has 0 bridgehead atoms. The Balaban J connectivity index is 1.39. The van der Waals surface area contributed by atoms with Gasteiger partial charge in [0.2, 0.25) is 0 Å². The molecule has 0 radical (unpaired) electrons. The highest BCUT2D eigenvalue weighted by Crippen LogP contribution is 2.36. The zero-order chi connectivity index (χ0) is 34.2. The number of urea groups is 1. The van der Waals surface area contributed by atoms with E-state index in [1.54, 1.807) is 6.20 Å². The number of carbonyl (C=O) groups excluding carboxylic acids is 3. The number of H-pyrrole nitrogens is 1. The highest BCUT2D eigenvalue weighted by molar-refractivity contribution is 7.89. The number of hydrogen-bond acceptors (Lipinski definition) is 8. The Hall–Kier alpha value is -4.88. The predicted octanol–water partition coefficient (Wildman–Crippen LogP) is 4.70. The van der Waals surface area contributed by atoms with Crippen LogP contribution in [0.25, 0.3) is 10.9 Å². The lowest BCUT2D eigenvalue weighted by Crippen LogP contribution is -2.42. The van der Waals surface area contributed by atoms with Crippen molar-refractivity contribution < 1.29 is 32.6 Å². The number of benzene rings is 3. The summed E-state index contributed by atoms with van der Waals surface area (Å²) >= 11 is 0. The zero-order valence-electron chi connectivity index (χ0n) is 26.8. The number of hydrogen-bond donors (Lipinski definition) is 3. The summed E-state index contributed by atoms with van der Waals surface area (Å²) in [6.07, 6.45) is 5.17. The van der Waals surface area contributed by atoms with E-state index in [1.165, 1.54) is 61.5 Å². The van der Waals surface area contributed by atoms with Crippen molar-refractivity contribution in [1.82, 2.24) is 19.1 Å². The van der Waals surface area contributed by atoms with E-state index in [2.05, 4.69) is 4.98 Å². The first-order valence-corrected chi connectivity index (χ1v) is 17.4. The minimum Gasteiger partial charge on any atom is -0.508 e. The molecular formula is C35H39N5O7S. The average molecular weight is 674 g/mol. The van der Waals surface area contributed by atoms with E-state index >= 15 is 0 Å². The molecule has 4 N–H and O–H groups in total. The molecule has 2 aliphatic rings. The molecule has 4 amide bonds. The van der Waals surface area contributed by atoms with Crippen LogP contribution in [-0.4, -0.2) is 83.7 Å². The number of aromatic amines is 1. The van der Waals surface area contributed by atoms with Crippen molar-refractivity contribution in [3.05, 3.63) is 84.1 Å². The SMILES string of the molecule is CN(C)C(=O)c1cc(S(=O)(=O)N2C(=O)N(CC3CCCC(CN)C3)C(=O)C2Cc2c[nH]c3ccccc23)ccc1Oc1ccc(O)cc1. The summed E-state index contributed by atoms with van der Waals surface area (Å²) in [7, 11) is -1.62. The third kappa shape index (κ3) is 6.35. The molecule has 3 unspecified atom stereocenters. The normalized spacial score (nSPS) is 20.0. The molecule has 12 nitrogen and oxygen atoms in total. The third-order valence-electron chi connectivity index (χ3n) is 9.22. The van der Waals surface area contributed by atoms with Crippen molar-refractivity contribution >= 4 is 38.8 Å². The molecule has 6 rings (SSSR count). The third-order valence-corrected chi connectivity index (χ3v) is 11.0. The molecule has 1 saturated heterocycles. The number of para-hydroxylation sites is 1. The van der Waals surface area contributed by atoms with E-state index in [0.29, 0.717) is 22.2 Å². The number of aromatic hydroxyl groups is 1. The quantitative estimate of drug-likeness (QED) is 0.204. The highest BCUT2D eigenvalue weighted by atomic mass is 32.2. The van der Waals surface area contributed by atoms with Crippen LogP contribution in [-0.2, 0) is 21.2 Å². The fourth-order valence-electron chi connectivity index (χ4n) is 6.71. The second-order valence-corrected chi connectivity index (χ2v) is 14.5. The Morgan fingerprint density at radius 1 is 1.04 bits per heavy atom. The molecule has 13 heteroatoms. The topological polar surface area (TPSA) is 166 Å². The fraction of sp³-hybridized carbons (Fsp3) is 0.343. The summed E-state index contributed by atoms with van der Waals surface area (Å²) in [6.45, 7) is 0.622. The number of nitrogens with two attached hydrogens (primary N) is 1. The smallest absolute Gasteiger partial charge is 0.341 e. The molecule has 1 aliphatic heterocycles. The summed E-state index contributed by atoms with van der Waals surface area (Å²) in [4.78, 5) is 46.7. The van der Waals surface area contributed by atoms with Gasteiger partial charge in [0.15, 0.2) is 0 Å². The maximum Gasteiger partial charge on any atom is 0.341 e. The molecule has 1 saturated carbocycles. The molecule has 2 heterocycles. The van der Waals surface area contributed by atoms with Gasteiger partial charge in [0.05, 0.1) is 10.5 Å². The lowest BCUT2D eigenvalue weighted by Gasteiger charge is -2.30. The molecule has 3 atom stereocenters. The molecule has 1 aliphatic carbocycles. The second-order valence-electron chi connectivity index (χ2n) is 12.7. The van der Waals surface area contributed by atoms with E-state index in [0.717, 1.165) is 41.5 Å². The van der Waals surface area contributed by atoms with Gasteiger partial charge in [-0.2, -0.15) is 0 Å². The maximum absolute atomic E-state index is 14.5. The molecule has 252 valence electrons. The van der Waals surface area contributed by atoms with Gasteiger partial charge in [-0.05, 0) is 91.7 Å². The van der Waals surface area contributed by atoms with Gasteiger partial charge in [-0.15, -0.1) is 0 Å². The van der Waals surface area contributed by atoms with Gasteiger partial charge in [-0.3, -0.25) is 14.5 Å².